The fraction of sp³-hybridized carbons (Fsp3) is 0. The molecule has 0 aliphatic carbocycles. The average molecular weight is 68.1 g/mol. The summed E-state index contributed by atoms with van der Waals surface area (Å²) in [6.07, 6.45) is 3.18. The largest absolute Gasteiger partial charge is 0.403 e. The number of aliphatic imine (C=N–C) groups is 1. The summed E-state index contributed by atoms with van der Waals surface area (Å²) in [5, 5.41) is 0. The van der Waals surface area contributed by atoms with Gasteiger partial charge in [-0.15, -0.1) is 0 Å². The molecule has 0 aromatic carbocycles. The molecule has 2 nitrogen and oxygen atoms in total. The Morgan fingerprint density at radius 3 is 2.60 bits per heavy atom. The van der Waals surface area contributed by atoms with Crippen LogP contribution in [0, 0.1) is 0 Å². The molecule has 26 valence electrons. The maximum Gasteiger partial charge on any atom is 0.0967 e. The Morgan fingerprint density at radius 2 is 2.60 bits per heavy atom. The number of allylic oxidation sites excluding steroid dienone is 1. The van der Waals surface area contributed by atoms with E-state index in [2.05, 4.69) is 4.99 Å². The normalized spacial score (nSPS) is 24.4. The standard InChI is InChI=1S/C3H4N2/c4-1-3-2-5-3/h1-2H,4H2/b3-1+. The molecule has 0 fully saturated rings. The van der Waals surface area contributed by atoms with E-state index in [4.69, 9.17) is 5.73 Å². The van der Waals surface area contributed by atoms with Gasteiger partial charge in [0, 0.05) is 6.20 Å². The zero-order valence-corrected chi connectivity index (χ0v) is 2.68. The first-order valence-electron chi connectivity index (χ1n) is 1.39. The fourth-order valence-electron chi connectivity index (χ4n) is 0.123. The van der Waals surface area contributed by atoms with Gasteiger partial charge in [0.25, 0.3) is 0 Å². The highest BCUT2D eigenvalue weighted by molar-refractivity contribution is 5.92. The van der Waals surface area contributed by atoms with Gasteiger partial charge in [0.1, 0.15) is 0 Å². The quantitative estimate of drug-likeness (QED) is 0.422. The van der Waals surface area contributed by atoms with Crippen molar-refractivity contribution >= 4 is 6.21 Å². The summed E-state index contributed by atoms with van der Waals surface area (Å²) in [4.78, 5) is 3.63. The van der Waals surface area contributed by atoms with E-state index in [1.54, 1.807) is 6.21 Å². The summed E-state index contributed by atoms with van der Waals surface area (Å²) in [6.45, 7) is 0. The summed E-state index contributed by atoms with van der Waals surface area (Å²) < 4.78 is 0. The Labute approximate surface area is 30.0 Å². The Hall–Kier alpha value is -0.790. The summed E-state index contributed by atoms with van der Waals surface area (Å²) in [6, 6.07) is 0. The molecule has 0 atom stereocenters. The Bertz CT molecular complexity index is 83.1. The van der Waals surface area contributed by atoms with Gasteiger partial charge in [0.05, 0.1) is 11.9 Å². The van der Waals surface area contributed by atoms with E-state index in [0.717, 1.165) is 5.70 Å². The van der Waals surface area contributed by atoms with Crippen LogP contribution in [0.2, 0.25) is 0 Å². The van der Waals surface area contributed by atoms with Gasteiger partial charge in [-0.1, -0.05) is 0 Å². The van der Waals surface area contributed by atoms with Crippen LogP contribution in [-0.4, -0.2) is 6.21 Å². The molecular formula is C3H4N2. The van der Waals surface area contributed by atoms with Gasteiger partial charge < -0.3 is 5.73 Å². The van der Waals surface area contributed by atoms with E-state index < -0.39 is 0 Å². The molecule has 0 aromatic rings. The van der Waals surface area contributed by atoms with Crippen molar-refractivity contribution in [1.29, 1.82) is 0 Å². The summed E-state index contributed by atoms with van der Waals surface area (Å²) in [5.41, 5.74) is 5.85. The first kappa shape index (κ1) is 2.45. The molecule has 0 aromatic heterocycles. The van der Waals surface area contributed by atoms with Gasteiger partial charge >= 0.3 is 0 Å². The van der Waals surface area contributed by atoms with Crippen molar-refractivity contribution in [2.24, 2.45) is 10.7 Å². The smallest absolute Gasteiger partial charge is 0.0967 e. The van der Waals surface area contributed by atoms with Crippen molar-refractivity contribution in [3.05, 3.63) is 11.9 Å². The zero-order chi connectivity index (χ0) is 3.70. The third kappa shape index (κ3) is 0.265. The predicted molar refractivity (Wildman–Crippen MR) is 20.8 cm³/mol. The first-order valence-corrected chi connectivity index (χ1v) is 1.39. The average Bonchev–Trinajstić information content (AvgIpc) is 2.12. The second-order valence-corrected chi connectivity index (χ2v) is 0.850. The molecule has 0 unspecified atom stereocenters. The van der Waals surface area contributed by atoms with Crippen molar-refractivity contribution in [1.82, 2.24) is 0 Å². The molecular weight excluding hydrogens is 64.0 g/mol. The Kier molecular flexibility index (Phi) is 0.283. The minimum atomic E-state index is 0.907. The van der Waals surface area contributed by atoms with E-state index in [9.17, 15) is 0 Å². The molecule has 5 heavy (non-hydrogen) atoms. The SMILES string of the molecule is N/C=C1C=N\1. The maximum atomic E-state index is 4.95. The van der Waals surface area contributed by atoms with Gasteiger partial charge in [-0.25, -0.2) is 0 Å². The van der Waals surface area contributed by atoms with Gasteiger partial charge in [-0.3, -0.25) is 4.99 Å². The molecule has 0 amide bonds. The van der Waals surface area contributed by atoms with Crippen LogP contribution in [0.5, 0.6) is 0 Å². The van der Waals surface area contributed by atoms with E-state index in [0.29, 0.717) is 0 Å². The lowest BCUT2D eigenvalue weighted by Crippen LogP contribution is -1.73. The van der Waals surface area contributed by atoms with Gasteiger partial charge in [0.15, 0.2) is 0 Å². The third-order valence-electron chi connectivity index (χ3n) is 0.449. The predicted octanol–water partition coefficient (Wildman–Crippen LogP) is -0.129. The molecule has 0 bridgehead atoms. The molecule has 0 saturated heterocycles. The fourth-order valence-corrected chi connectivity index (χ4v) is 0.123. The van der Waals surface area contributed by atoms with Crippen LogP contribution in [-0.2, 0) is 0 Å². The summed E-state index contributed by atoms with van der Waals surface area (Å²) in [5.74, 6) is 0. The van der Waals surface area contributed by atoms with E-state index in [-0.39, 0.29) is 0 Å². The van der Waals surface area contributed by atoms with Crippen molar-refractivity contribution < 1.29 is 0 Å². The van der Waals surface area contributed by atoms with Gasteiger partial charge in [0.2, 0.25) is 0 Å². The molecule has 0 spiro atoms. The highest BCUT2D eigenvalue weighted by Crippen LogP contribution is 2.00. The molecule has 1 heterocycles. The first-order chi connectivity index (χ1) is 2.43. The van der Waals surface area contributed by atoms with Crippen LogP contribution < -0.4 is 5.73 Å². The minimum Gasteiger partial charge on any atom is -0.403 e. The van der Waals surface area contributed by atoms with Crippen LogP contribution in [0.1, 0.15) is 0 Å². The number of nitrogens with two attached hydrogens (primary N) is 1. The van der Waals surface area contributed by atoms with E-state index in [1.807, 2.05) is 0 Å². The lowest BCUT2D eigenvalue weighted by atomic mass is 10.7. The summed E-state index contributed by atoms with van der Waals surface area (Å²) in [7, 11) is 0. The topological polar surface area (TPSA) is 38.4 Å². The van der Waals surface area contributed by atoms with Crippen molar-refractivity contribution in [2.75, 3.05) is 0 Å². The molecule has 2 heteroatoms. The van der Waals surface area contributed by atoms with Crippen LogP contribution >= 0.6 is 0 Å². The lowest BCUT2D eigenvalue weighted by molar-refractivity contribution is 1.54. The van der Waals surface area contributed by atoms with Crippen LogP contribution in [0.15, 0.2) is 16.9 Å². The summed E-state index contributed by atoms with van der Waals surface area (Å²) >= 11 is 0. The highest BCUT2D eigenvalue weighted by Gasteiger charge is 1.94. The molecule has 1 rings (SSSR count). The van der Waals surface area contributed by atoms with E-state index in [1.165, 1.54) is 6.20 Å². The molecule has 0 radical (unpaired) electrons. The lowest BCUT2D eigenvalue weighted by Gasteiger charge is -1.55. The van der Waals surface area contributed by atoms with Gasteiger partial charge in [-0.2, -0.15) is 0 Å². The molecule has 2 N–H and O–H groups in total. The Morgan fingerprint density at radius 1 is 2.00 bits per heavy atom. The maximum absolute atomic E-state index is 4.95. The monoisotopic (exact) mass is 68.0 g/mol. The van der Waals surface area contributed by atoms with Crippen molar-refractivity contribution in [2.45, 2.75) is 0 Å². The van der Waals surface area contributed by atoms with E-state index >= 15 is 0 Å². The van der Waals surface area contributed by atoms with Gasteiger partial charge in [-0.05, 0) is 0 Å². The number of nitrogens with zero attached hydrogens (tertiary/aromatic N) is 1. The number of hydrogen-bond acceptors (Lipinski definition) is 2. The van der Waals surface area contributed by atoms with Crippen LogP contribution in [0.3, 0.4) is 0 Å². The second-order valence-electron chi connectivity index (χ2n) is 0.850. The molecule has 0 saturated carbocycles. The molecule has 1 aliphatic rings. The van der Waals surface area contributed by atoms with Crippen LogP contribution in [0.4, 0.5) is 0 Å². The van der Waals surface area contributed by atoms with Crippen molar-refractivity contribution in [3.8, 4) is 0 Å². The van der Waals surface area contributed by atoms with Crippen LogP contribution in [0.25, 0.3) is 0 Å². The molecule has 1 aliphatic heterocycles. The zero-order valence-electron chi connectivity index (χ0n) is 2.68. The third-order valence-corrected chi connectivity index (χ3v) is 0.449. The number of rotatable bonds is 0. The Balaban J connectivity index is 2.54. The minimum absolute atomic E-state index is 0.907. The number of hydrogen-bond donors (Lipinski definition) is 1. The second kappa shape index (κ2) is 0.578. The highest BCUT2D eigenvalue weighted by atomic mass is 14.9. The van der Waals surface area contributed by atoms with Crippen molar-refractivity contribution in [3.63, 3.8) is 0 Å².